The molecule has 1 atom stereocenters. The van der Waals surface area contributed by atoms with Crippen LogP contribution in [-0.2, 0) is 4.79 Å². The Hall–Kier alpha value is -0.610. The van der Waals surface area contributed by atoms with E-state index >= 15 is 0 Å². The maximum absolute atomic E-state index is 11.1. The summed E-state index contributed by atoms with van der Waals surface area (Å²) in [5.41, 5.74) is -0.443. The molecule has 2 rings (SSSR count). The van der Waals surface area contributed by atoms with Gasteiger partial charge in [0.25, 0.3) is 0 Å². The van der Waals surface area contributed by atoms with Gasteiger partial charge in [-0.05, 0) is 32.9 Å². The molecule has 0 aromatic rings. The van der Waals surface area contributed by atoms with Crippen LogP contribution in [0.2, 0.25) is 0 Å². The van der Waals surface area contributed by atoms with Gasteiger partial charge in [0.15, 0.2) is 0 Å². The van der Waals surface area contributed by atoms with E-state index in [1.807, 2.05) is 0 Å². The van der Waals surface area contributed by atoms with Gasteiger partial charge >= 0.3 is 5.97 Å². The summed E-state index contributed by atoms with van der Waals surface area (Å²) >= 11 is 0. The van der Waals surface area contributed by atoms with Gasteiger partial charge in [0.05, 0.1) is 5.41 Å². The number of nitrogens with zero attached hydrogens (tertiary/aromatic N) is 1. The fourth-order valence-electron chi connectivity index (χ4n) is 2.51. The number of carboxylic acids is 1. The maximum Gasteiger partial charge on any atom is 0.310 e. The minimum Gasteiger partial charge on any atom is -0.481 e. The van der Waals surface area contributed by atoms with E-state index in [1.165, 1.54) is 0 Å². The third-order valence-corrected chi connectivity index (χ3v) is 3.88. The molecule has 15 heavy (non-hydrogen) atoms. The Kier molecular flexibility index (Phi) is 2.98. The van der Waals surface area contributed by atoms with Crippen LogP contribution in [0.1, 0.15) is 25.7 Å². The van der Waals surface area contributed by atoms with Gasteiger partial charge in [-0.15, -0.1) is 0 Å². The zero-order valence-corrected chi connectivity index (χ0v) is 9.33. The van der Waals surface area contributed by atoms with Crippen LogP contribution in [0.3, 0.4) is 0 Å². The van der Waals surface area contributed by atoms with Gasteiger partial charge in [0, 0.05) is 19.1 Å². The number of nitrogens with one attached hydrogen (secondary N) is 1. The topological polar surface area (TPSA) is 52.6 Å². The standard InChI is InChI=1S/C11H20N2O2/c1-13-6-3-9(7-13)12-8-11(10(14)15)4-2-5-11/h9,12H,2-8H2,1H3,(H,14,15). The van der Waals surface area contributed by atoms with Crippen LogP contribution < -0.4 is 5.32 Å². The maximum atomic E-state index is 11.1. The van der Waals surface area contributed by atoms with Crippen molar-refractivity contribution in [3.63, 3.8) is 0 Å². The van der Waals surface area contributed by atoms with E-state index < -0.39 is 11.4 Å². The third kappa shape index (κ3) is 2.16. The first-order valence-electron chi connectivity index (χ1n) is 5.78. The highest BCUT2D eigenvalue weighted by atomic mass is 16.4. The Morgan fingerprint density at radius 3 is 2.73 bits per heavy atom. The average Bonchev–Trinajstić information content (AvgIpc) is 2.49. The predicted octanol–water partition coefficient (Wildman–Crippen LogP) is 0.535. The van der Waals surface area contributed by atoms with Crippen LogP contribution in [0, 0.1) is 5.41 Å². The molecule has 2 aliphatic rings. The number of carbonyl (C=O) groups is 1. The van der Waals surface area contributed by atoms with Crippen molar-refractivity contribution in [2.45, 2.75) is 31.7 Å². The van der Waals surface area contributed by atoms with Crippen LogP contribution in [0.5, 0.6) is 0 Å². The summed E-state index contributed by atoms with van der Waals surface area (Å²) in [7, 11) is 2.11. The molecule has 1 unspecified atom stereocenters. The van der Waals surface area contributed by atoms with Crippen molar-refractivity contribution in [2.24, 2.45) is 5.41 Å². The van der Waals surface area contributed by atoms with Crippen LogP contribution in [0.4, 0.5) is 0 Å². The van der Waals surface area contributed by atoms with Gasteiger partial charge in [0.1, 0.15) is 0 Å². The smallest absolute Gasteiger partial charge is 0.310 e. The molecule has 86 valence electrons. The summed E-state index contributed by atoms with van der Waals surface area (Å²) < 4.78 is 0. The summed E-state index contributed by atoms with van der Waals surface area (Å²) in [5, 5.41) is 12.6. The lowest BCUT2D eigenvalue weighted by atomic mass is 9.68. The average molecular weight is 212 g/mol. The lowest BCUT2D eigenvalue weighted by Crippen LogP contribution is -2.49. The van der Waals surface area contributed by atoms with Crippen LogP contribution in [0.25, 0.3) is 0 Å². The number of hydrogen-bond donors (Lipinski definition) is 2. The van der Waals surface area contributed by atoms with E-state index in [-0.39, 0.29) is 0 Å². The van der Waals surface area contributed by atoms with Crippen molar-refractivity contribution in [3.05, 3.63) is 0 Å². The molecule has 1 saturated carbocycles. The predicted molar refractivity (Wildman–Crippen MR) is 57.8 cm³/mol. The van der Waals surface area contributed by atoms with E-state index in [1.54, 1.807) is 0 Å². The molecule has 2 N–H and O–H groups in total. The lowest BCUT2D eigenvalue weighted by Gasteiger charge is -2.38. The monoisotopic (exact) mass is 212 g/mol. The minimum absolute atomic E-state index is 0.443. The second kappa shape index (κ2) is 4.10. The molecule has 2 fully saturated rings. The Morgan fingerprint density at radius 2 is 2.33 bits per heavy atom. The molecule has 1 aliphatic carbocycles. The molecule has 0 amide bonds. The second-order valence-corrected chi connectivity index (χ2v) is 5.07. The molecule has 1 aliphatic heterocycles. The number of rotatable bonds is 4. The van der Waals surface area contributed by atoms with E-state index in [9.17, 15) is 4.79 Å². The first kappa shape index (κ1) is 10.9. The zero-order chi connectivity index (χ0) is 10.9. The Balaban J connectivity index is 1.79. The lowest BCUT2D eigenvalue weighted by molar-refractivity contribution is -0.154. The Bertz CT molecular complexity index is 251. The number of aliphatic carboxylic acids is 1. The van der Waals surface area contributed by atoms with Crippen molar-refractivity contribution < 1.29 is 9.90 Å². The molecule has 0 spiro atoms. The molecule has 0 bridgehead atoms. The molecule has 4 heteroatoms. The second-order valence-electron chi connectivity index (χ2n) is 5.07. The van der Waals surface area contributed by atoms with Crippen LogP contribution in [0.15, 0.2) is 0 Å². The summed E-state index contributed by atoms with van der Waals surface area (Å²) in [6.07, 6.45) is 3.90. The van der Waals surface area contributed by atoms with Gasteiger partial charge in [-0.1, -0.05) is 6.42 Å². The third-order valence-electron chi connectivity index (χ3n) is 3.88. The zero-order valence-electron chi connectivity index (χ0n) is 9.33. The van der Waals surface area contributed by atoms with Crippen LogP contribution in [-0.4, -0.2) is 48.7 Å². The van der Waals surface area contributed by atoms with E-state index in [0.717, 1.165) is 38.8 Å². The normalized spacial score (nSPS) is 30.1. The number of carboxylic acid groups (broad SMARTS) is 1. The molecule has 1 heterocycles. The van der Waals surface area contributed by atoms with Crippen LogP contribution >= 0.6 is 0 Å². The molecular weight excluding hydrogens is 192 g/mol. The first-order chi connectivity index (χ1) is 7.12. The fraction of sp³-hybridized carbons (Fsp3) is 0.909. The highest BCUT2D eigenvalue weighted by Gasteiger charge is 2.44. The Morgan fingerprint density at radius 1 is 1.60 bits per heavy atom. The van der Waals surface area contributed by atoms with Crippen molar-refractivity contribution in [3.8, 4) is 0 Å². The summed E-state index contributed by atoms with van der Waals surface area (Å²) in [5.74, 6) is -0.618. The molecule has 0 radical (unpaired) electrons. The van der Waals surface area contributed by atoms with Crippen molar-refractivity contribution in [2.75, 3.05) is 26.7 Å². The summed E-state index contributed by atoms with van der Waals surface area (Å²) in [6.45, 7) is 2.83. The quantitative estimate of drug-likeness (QED) is 0.714. The molecule has 1 saturated heterocycles. The summed E-state index contributed by atoms with van der Waals surface area (Å²) in [6, 6.07) is 0.492. The van der Waals surface area contributed by atoms with Gasteiger partial charge in [0.2, 0.25) is 0 Å². The highest BCUT2D eigenvalue weighted by molar-refractivity contribution is 5.76. The highest BCUT2D eigenvalue weighted by Crippen LogP contribution is 2.40. The number of hydrogen-bond acceptors (Lipinski definition) is 3. The van der Waals surface area contributed by atoms with Gasteiger partial charge in [-0.3, -0.25) is 4.79 Å². The van der Waals surface area contributed by atoms with E-state index in [0.29, 0.717) is 12.6 Å². The first-order valence-corrected chi connectivity index (χ1v) is 5.78. The van der Waals surface area contributed by atoms with Crippen molar-refractivity contribution in [1.29, 1.82) is 0 Å². The van der Waals surface area contributed by atoms with Gasteiger partial charge < -0.3 is 15.3 Å². The van der Waals surface area contributed by atoms with E-state index in [2.05, 4.69) is 17.3 Å². The molecular formula is C11H20N2O2. The SMILES string of the molecule is CN1CCC(NCC2(C(=O)O)CCC2)C1. The van der Waals surface area contributed by atoms with Gasteiger partial charge in [-0.25, -0.2) is 0 Å². The number of likely N-dealkylation sites (tertiary alicyclic amines) is 1. The Labute approximate surface area is 90.6 Å². The number of likely N-dealkylation sites (N-methyl/N-ethyl adjacent to an activating group) is 1. The van der Waals surface area contributed by atoms with Crippen molar-refractivity contribution in [1.82, 2.24) is 10.2 Å². The minimum atomic E-state index is -0.618. The van der Waals surface area contributed by atoms with Gasteiger partial charge in [-0.2, -0.15) is 0 Å². The molecule has 0 aromatic carbocycles. The molecule has 0 aromatic heterocycles. The van der Waals surface area contributed by atoms with Crippen molar-refractivity contribution >= 4 is 5.97 Å². The molecule has 4 nitrogen and oxygen atoms in total. The summed E-state index contributed by atoms with van der Waals surface area (Å²) in [4.78, 5) is 13.4. The largest absolute Gasteiger partial charge is 0.481 e. The fourth-order valence-corrected chi connectivity index (χ4v) is 2.51. The van der Waals surface area contributed by atoms with E-state index in [4.69, 9.17) is 5.11 Å².